The minimum absolute atomic E-state index is 0.214. The molecule has 1 aromatic heterocycles. The quantitative estimate of drug-likeness (QED) is 0.873. The summed E-state index contributed by atoms with van der Waals surface area (Å²) in [6.07, 6.45) is -6.23. The van der Waals surface area contributed by atoms with Crippen LogP contribution in [0.5, 0.6) is 0 Å². The van der Waals surface area contributed by atoms with Crippen LogP contribution in [0, 0.1) is 6.92 Å². The molecule has 1 unspecified atom stereocenters. The maximum atomic E-state index is 13.3. The molecule has 0 fully saturated rings. The van der Waals surface area contributed by atoms with Gasteiger partial charge in [-0.1, -0.05) is 30.3 Å². The Balaban J connectivity index is 2.17. The molecule has 2 atom stereocenters. The zero-order chi connectivity index (χ0) is 18.0. The van der Waals surface area contributed by atoms with Crippen molar-refractivity contribution in [3.63, 3.8) is 0 Å². The number of hydrogen-bond donors (Lipinski definition) is 2. The topological polar surface area (TPSA) is 62.5 Å². The second kappa shape index (κ2) is 6.68. The predicted octanol–water partition coefficient (Wildman–Crippen LogP) is 3.61. The lowest BCUT2D eigenvalue weighted by atomic mass is 9.95. The Bertz CT molecular complexity index is 697. The summed E-state index contributed by atoms with van der Waals surface area (Å²) < 4.78 is 44.9. The summed E-state index contributed by atoms with van der Waals surface area (Å²) in [5, 5.41) is 12.6. The van der Waals surface area contributed by atoms with E-state index in [1.807, 2.05) is 0 Å². The van der Waals surface area contributed by atoms with E-state index in [0.717, 1.165) is 11.6 Å². The van der Waals surface area contributed by atoms with Gasteiger partial charge in [0, 0.05) is 0 Å². The largest absolute Gasteiger partial charge is 0.463 e. The Morgan fingerprint density at radius 1 is 1.21 bits per heavy atom. The summed E-state index contributed by atoms with van der Waals surface area (Å²) in [6.45, 7) is 3.11. The summed E-state index contributed by atoms with van der Waals surface area (Å²) in [4.78, 5) is 12.1. The molecule has 0 radical (unpaired) electrons. The number of alkyl halides is 3. The van der Waals surface area contributed by atoms with Crippen molar-refractivity contribution in [3.05, 3.63) is 59.5 Å². The van der Waals surface area contributed by atoms with Gasteiger partial charge in [0.2, 0.25) is 11.5 Å². The maximum absolute atomic E-state index is 13.3. The van der Waals surface area contributed by atoms with Crippen LogP contribution in [0.4, 0.5) is 13.2 Å². The number of aliphatic hydroxyl groups is 1. The maximum Gasteiger partial charge on any atom is 0.425 e. The van der Waals surface area contributed by atoms with E-state index in [-0.39, 0.29) is 5.76 Å². The first-order valence-electron chi connectivity index (χ1n) is 7.34. The fourth-order valence-corrected chi connectivity index (χ4v) is 2.33. The fourth-order valence-electron chi connectivity index (χ4n) is 2.33. The minimum Gasteiger partial charge on any atom is -0.463 e. The molecule has 2 aromatic rings. The number of aryl methyl sites for hydroxylation is 1. The summed E-state index contributed by atoms with van der Waals surface area (Å²) in [5.41, 5.74) is -2.63. The van der Waals surface area contributed by atoms with E-state index in [1.54, 1.807) is 37.3 Å². The van der Waals surface area contributed by atoms with Gasteiger partial charge in [0.15, 0.2) is 0 Å². The summed E-state index contributed by atoms with van der Waals surface area (Å²) in [5.74, 6) is -1.42. The first-order valence-corrected chi connectivity index (χ1v) is 7.34. The van der Waals surface area contributed by atoms with E-state index in [1.165, 1.54) is 13.0 Å². The number of rotatable bonds is 5. The normalized spacial score (nSPS) is 15.6. The van der Waals surface area contributed by atoms with Gasteiger partial charge < -0.3 is 14.8 Å². The third kappa shape index (κ3) is 3.79. The van der Waals surface area contributed by atoms with Gasteiger partial charge in [-0.3, -0.25) is 4.79 Å². The molecule has 4 nitrogen and oxygen atoms in total. The van der Waals surface area contributed by atoms with Gasteiger partial charge in [-0.2, -0.15) is 13.2 Å². The van der Waals surface area contributed by atoms with Crippen molar-refractivity contribution in [2.75, 3.05) is 0 Å². The van der Waals surface area contributed by atoms with Crippen molar-refractivity contribution in [1.29, 1.82) is 0 Å². The molecule has 1 aromatic carbocycles. The molecule has 1 amide bonds. The Hall–Kier alpha value is -2.28. The molecule has 2 N–H and O–H groups in total. The molecule has 1 heterocycles. The molecule has 0 aliphatic heterocycles. The molecular weight excluding hydrogens is 323 g/mol. The van der Waals surface area contributed by atoms with Crippen LogP contribution in [-0.2, 0) is 10.4 Å². The third-order valence-corrected chi connectivity index (χ3v) is 3.71. The zero-order valence-corrected chi connectivity index (χ0v) is 13.2. The number of nitrogens with one attached hydrogen (secondary N) is 1. The number of furan rings is 1. The van der Waals surface area contributed by atoms with Gasteiger partial charge in [-0.25, -0.2) is 0 Å². The highest BCUT2D eigenvalue weighted by atomic mass is 19.4. The Morgan fingerprint density at radius 2 is 1.83 bits per heavy atom. The molecule has 2 rings (SSSR count). The SMILES string of the molecule is Cc1ccc(C(O)(CC(=O)N[C@@H](C)c2ccccc2)C(F)(F)F)o1. The molecule has 0 spiro atoms. The van der Waals surface area contributed by atoms with E-state index >= 15 is 0 Å². The second-order valence-electron chi connectivity index (χ2n) is 5.64. The fraction of sp³-hybridized carbons (Fsp3) is 0.353. The van der Waals surface area contributed by atoms with Crippen LogP contribution in [0.1, 0.15) is 36.5 Å². The van der Waals surface area contributed by atoms with Crippen molar-refractivity contribution in [2.45, 2.75) is 38.1 Å². The van der Waals surface area contributed by atoms with Crippen LogP contribution in [0.2, 0.25) is 0 Å². The van der Waals surface area contributed by atoms with E-state index in [2.05, 4.69) is 5.32 Å². The van der Waals surface area contributed by atoms with Gasteiger partial charge in [0.05, 0.1) is 12.5 Å². The minimum atomic E-state index is -5.05. The zero-order valence-electron chi connectivity index (χ0n) is 13.2. The van der Waals surface area contributed by atoms with Crippen molar-refractivity contribution >= 4 is 5.91 Å². The smallest absolute Gasteiger partial charge is 0.425 e. The highest BCUT2D eigenvalue weighted by Gasteiger charge is 2.58. The summed E-state index contributed by atoms with van der Waals surface area (Å²) in [7, 11) is 0. The van der Waals surface area contributed by atoms with E-state index in [4.69, 9.17) is 4.42 Å². The monoisotopic (exact) mass is 341 g/mol. The summed E-state index contributed by atoms with van der Waals surface area (Å²) >= 11 is 0. The first-order chi connectivity index (χ1) is 11.1. The van der Waals surface area contributed by atoms with Crippen LogP contribution in [0.15, 0.2) is 46.9 Å². The number of benzene rings is 1. The number of amides is 1. The molecule has 0 bridgehead atoms. The van der Waals surface area contributed by atoms with Crippen molar-refractivity contribution in [1.82, 2.24) is 5.32 Å². The highest BCUT2D eigenvalue weighted by molar-refractivity contribution is 5.77. The average Bonchev–Trinajstić information content (AvgIpc) is 2.93. The number of halogens is 3. The van der Waals surface area contributed by atoms with E-state index < -0.39 is 35.9 Å². The van der Waals surface area contributed by atoms with Crippen LogP contribution >= 0.6 is 0 Å². The van der Waals surface area contributed by atoms with Crippen molar-refractivity contribution < 1.29 is 27.5 Å². The number of carbonyl (C=O) groups excluding carboxylic acids is 1. The Morgan fingerprint density at radius 3 is 2.33 bits per heavy atom. The van der Waals surface area contributed by atoms with Gasteiger partial charge in [0.25, 0.3) is 0 Å². The molecule has 0 saturated carbocycles. The number of hydrogen-bond acceptors (Lipinski definition) is 3. The predicted molar refractivity (Wildman–Crippen MR) is 81.0 cm³/mol. The summed E-state index contributed by atoms with van der Waals surface area (Å²) in [6, 6.07) is 10.6. The van der Waals surface area contributed by atoms with Crippen molar-refractivity contribution in [3.8, 4) is 0 Å². The number of carbonyl (C=O) groups is 1. The van der Waals surface area contributed by atoms with Crippen LogP contribution < -0.4 is 5.32 Å². The third-order valence-electron chi connectivity index (χ3n) is 3.71. The molecule has 0 saturated heterocycles. The van der Waals surface area contributed by atoms with Crippen LogP contribution in [0.25, 0.3) is 0 Å². The first kappa shape index (κ1) is 18.1. The van der Waals surface area contributed by atoms with Crippen LogP contribution in [0.3, 0.4) is 0 Å². The Labute approximate surface area is 137 Å². The van der Waals surface area contributed by atoms with Gasteiger partial charge in [-0.15, -0.1) is 0 Å². The van der Waals surface area contributed by atoms with E-state index in [9.17, 15) is 23.1 Å². The van der Waals surface area contributed by atoms with Crippen molar-refractivity contribution in [2.24, 2.45) is 0 Å². The molecule has 130 valence electrons. The second-order valence-corrected chi connectivity index (χ2v) is 5.64. The standard InChI is InChI=1S/C17H18F3NO3/c1-11-8-9-14(24-11)16(23,17(18,19)20)10-15(22)21-12(2)13-6-4-3-5-7-13/h3-9,12,23H,10H2,1-2H3,(H,21,22)/t12-,16?/m0/s1. The van der Waals surface area contributed by atoms with Gasteiger partial charge in [0.1, 0.15) is 11.5 Å². The van der Waals surface area contributed by atoms with Gasteiger partial charge >= 0.3 is 6.18 Å². The van der Waals surface area contributed by atoms with Crippen LogP contribution in [-0.4, -0.2) is 17.2 Å². The van der Waals surface area contributed by atoms with E-state index in [0.29, 0.717) is 0 Å². The lowest BCUT2D eigenvalue weighted by Crippen LogP contribution is -2.46. The molecule has 7 heteroatoms. The molecule has 0 aliphatic carbocycles. The average molecular weight is 341 g/mol. The molecule has 0 aliphatic rings. The molecule has 24 heavy (non-hydrogen) atoms. The Kier molecular flexibility index (Phi) is 5.03. The molecular formula is C17H18F3NO3. The highest BCUT2D eigenvalue weighted by Crippen LogP contribution is 2.42. The lowest BCUT2D eigenvalue weighted by molar-refractivity contribution is -0.273. The lowest BCUT2D eigenvalue weighted by Gasteiger charge is -2.28. The van der Waals surface area contributed by atoms with Gasteiger partial charge in [-0.05, 0) is 31.5 Å².